The molecule has 0 saturated heterocycles. The van der Waals surface area contributed by atoms with Gasteiger partial charge in [0.15, 0.2) is 5.82 Å². The molecule has 0 atom stereocenters. The summed E-state index contributed by atoms with van der Waals surface area (Å²) < 4.78 is 32.7. The Morgan fingerprint density at radius 3 is 2.50 bits per heavy atom. The first-order valence-electron chi connectivity index (χ1n) is 9.18. The lowest BCUT2D eigenvalue weighted by molar-refractivity contribution is 0.372. The van der Waals surface area contributed by atoms with Crippen molar-refractivity contribution in [1.29, 1.82) is 0 Å². The molecule has 1 fully saturated rings. The van der Waals surface area contributed by atoms with Crippen molar-refractivity contribution in [2.45, 2.75) is 36.1 Å². The van der Waals surface area contributed by atoms with Crippen LogP contribution in [0.15, 0.2) is 64.0 Å². The van der Waals surface area contributed by atoms with Crippen molar-refractivity contribution in [3.8, 4) is 11.5 Å². The number of benzene rings is 2. The summed E-state index contributed by atoms with van der Waals surface area (Å²) in [5.74, 6) is 0.751. The van der Waals surface area contributed by atoms with Crippen molar-refractivity contribution in [3.63, 3.8) is 0 Å². The van der Waals surface area contributed by atoms with E-state index in [4.69, 9.17) is 10.3 Å². The first-order valence-corrected chi connectivity index (χ1v) is 10.6. The van der Waals surface area contributed by atoms with Crippen molar-refractivity contribution in [2.24, 2.45) is 5.73 Å². The zero-order valence-corrected chi connectivity index (χ0v) is 16.4. The normalized spacial score (nSPS) is 16.2. The van der Waals surface area contributed by atoms with Crippen LogP contribution in [0.1, 0.15) is 31.5 Å². The number of nitrogens with two attached hydrogens (primary N) is 1. The molecule has 3 aromatic rings. The van der Waals surface area contributed by atoms with Crippen LogP contribution in [0.3, 0.4) is 0 Å². The summed E-state index contributed by atoms with van der Waals surface area (Å²) in [7, 11) is -2.20. The number of hydrogen-bond donors (Lipinski definition) is 1. The van der Waals surface area contributed by atoms with Crippen molar-refractivity contribution >= 4 is 15.7 Å². The Morgan fingerprint density at radius 2 is 1.79 bits per heavy atom. The van der Waals surface area contributed by atoms with Gasteiger partial charge in [0.05, 0.1) is 16.1 Å². The fraction of sp³-hybridized carbons (Fsp3) is 0.300. The Morgan fingerprint density at radius 1 is 1.07 bits per heavy atom. The fourth-order valence-electron chi connectivity index (χ4n) is 3.50. The van der Waals surface area contributed by atoms with Gasteiger partial charge >= 0.3 is 0 Å². The third-order valence-corrected chi connectivity index (χ3v) is 7.01. The molecule has 0 aliphatic heterocycles. The molecule has 2 N–H and O–H groups in total. The Balaban J connectivity index is 1.66. The van der Waals surface area contributed by atoms with Gasteiger partial charge in [-0.05, 0) is 43.2 Å². The van der Waals surface area contributed by atoms with Crippen LogP contribution in [0.4, 0.5) is 5.69 Å². The highest BCUT2D eigenvalue weighted by atomic mass is 32.2. The molecule has 1 aliphatic carbocycles. The summed E-state index contributed by atoms with van der Waals surface area (Å²) in [6.45, 7) is 0. The maximum Gasteiger partial charge on any atom is 0.264 e. The molecule has 0 spiro atoms. The largest absolute Gasteiger partial charge is 0.334 e. The molecule has 28 heavy (non-hydrogen) atoms. The van der Waals surface area contributed by atoms with Crippen LogP contribution in [-0.2, 0) is 15.6 Å². The maximum absolute atomic E-state index is 13.0. The second-order valence-corrected chi connectivity index (χ2v) is 9.09. The van der Waals surface area contributed by atoms with Gasteiger partial charge in [0.25, 0.3) is 15.9 Å². The average Bonchev–Trinajstić information content (AvgIpc) is 3.38. The summed E-state index contributed by atoms with van der Waals surface area (Å²) in [6, 6.07) is 15.4. The molecule has 7 nitrogen and oxygen atoms in total. The molecule has 1 aliphatic rings. The fourth-order valence-corrected chi connectivity index (χ4v) is 4.74. The van der Waals surface area contributed by atoms with Crippen LogP contribution >= 0.6 is 0 Å². The Hall–Kier alpha value is -2.71. The molecule has 4 rings (SSSR count). The van der Waals surface area contributed by atoms with Gasteiger partial charge in [-0.2, -0.15) is 4.98 Å². The molecular weight excluding hydrogens is 376 g/mol. The van der Waals surface area contributed by atoms with Crippen LogP contribution in [0.2, 0.25) is 0 Å². The molecule has 8 heteroatoms. The second kappa shape index (κ2) is 7.03. The summed E-state index contributed by atoms with van der Waals surface area (Å²) in [4.78, 5) is 4.60. The molecule has 1 saturated carbocycles. The topological polar surface area (TPSA) is 102 Å². The zero-order valence-electron chi connectivity index (χ0n) is 15.6. The van der Waals surface area contributed by atoms with Crippen LogP contribution in [0, 0.1) is 0 Å². The average molecular weight is 398 g/mol. The highest BCUT2D eigenvalue weighted by molar-refractivity contribution is 7.92. The van der Waals surface area contributed by atoms with Gasteiger partial charge in [0, 0.05) is 12.6 Å². The van der Waals surface area contributed by atoms with E-state index >= 15 is 0 Å². The van der Waals surface area contributed by atoms with Gasteiger partial charge in [-0.1, -0.05) is 42.3 Å². The van der Waals surface area contributed by atoms with E-state index in [0.29, 0.717) is 17.1 Å². The quantitative estimate of drug-likeness (QED) is 0.707. The van der Waals surface area contributed by atoms with Gasteiger partial charge < -0.3 is 10.3 Å². The van der Waals surface area contributed by atoms with E-state index in [1.165, 1.54) is 11.4 Å². The van der Waals surface area contributed by atoms with E-state index in [1.54, 1.807) is 48.5 Å². The molecule has 146 valence electrons. The lowest BCUT2D eigenvalue weighted by Gasteiger charge is -2.19. The standard InChI is InChI=1S/C20H22N4O3S/c1-24(16-9-3-2-4-10-16)28(25,26)17-11-7-8-15(14-17)18-22-19(23-27-18)20(21)12-5-6-13-20/h2-4,7-11,14H,5-6,12-13,21H2,1H3. The summed E-state index contributed by atoms with van der Waals surface area (Å²) in [5, 5.41) is 4.05. The van der Waals surface area contributed by atoms with Crippen molar-refractivity contribution < 1.29 is 12.9 Å². The monoisotopic (exact) mass is 398 g/mol. The predicted octanol–water partition coefficient (Wildman–Crippen LogP) is 3.29. The minimum Gasteiger partial charge on any atom is -0.334 e. The van der Waals surface area contributed by atoms with Gasteiger partial charge in [-0.25, -0.2) is 8.42 Å². The maximum atomic E-state index is 13.0. The molecule has 2 aromatic carbocycles. The van der Waals surface area contributed by atoms with Crippen molar-refractivity contribution in [3.05, 3.63) is 60.4 Å². The Kier molecular flexibility index (Phi) is 4.68. The number of hydrogen-bond acceptors (Lipinski definition) is 6. The smallest absolute Gasteiger partial charge is 0.264 e. The molecule has 1 heterocycles. The van der Waals surface area contributed by atoms with Crippen LogP contribution in [-0.4, -0.2) is 25.6 Å². The minimum absolute atomic E-state index is 0.152. The van der Waals surface area contributed by atoms with E-state index in [1.807, 2.05) is 6.07 Å². The number of sulfonamides is 1. The van der Waals surface area contributed by atoms with Gasteiger partial charge in [0.1, 0.15) is 0 Å². The summed E-state index contributed by atoms with van der Waals surface area (Å²) >= 11 is 0. The van der Waals surface area contributed by atoms with Gasteiger partial charge in [-0.3, -0.25) is 4.31 Å². The number of rotatable bonds is 5. The van der Waals surface area contributed by atoms with E-state index in [2.05, 4.69) is 10.1 Å². The molecule has 0 radical (unpaired) electrons. The van der Waals surface area contributed by atoms with E-state index < -0.39 is 15.6 Å². The lowest BCUT2D eigenvalue weighted by Crippen LogP contribution is -2.34. The third-order valence-electron chi connectivity index (χ3n) is 5.23. The van der Waals surface area contributed by atoms with Crippen LogP contribution in [0.25, 0.3) is 11.5 Å². The molecule has 0 bridgehead atoms. The van der Waals surface area contributed by atoms with Crippen molar-refractivity contribution in [1.82, 2.24) is 10.1 Å². The highest BCUT2D eigenvalue weighted by Gasteiger charge is 2.36. The Labute approximate surface area is 164 Å². The Bertz CT molecular complexity index is 1070. The van der Waals surface area contributed by atoms with E-state index in [0.717, 1.165) is 25.7 Å². The van der Waals surface area contributed by atoms with Crippen LogP contribution < -0.4 is 10.0 Å². The molecular formula is C20H22N4O3S. The van der Waals surface area contributed by atoms with Crippen molar-refractivity contribution in [2.75, 3.05) is 11.4 Å². The first-order chi connectivity index (χ1) is 13.4. The van der Waals surface area contributed by atoms with Crippen LogP contribution in [0.5, 0.6) is 0 Å². The van der Waals surface area contributed by atoms with E-state index in [-0.39, 0.29) is 10.8 Å². The summed E-state index contributed by atoms with van der Waals surface area (Å²) in [6.07, 6.45) is 3.73. The molecule has 0 unspecified atom stereocenters. The number of para-hydroxylation sites is 1. The minimum atomic E-state index is -3.72. The number of anilines is 1. The zero-order chi connectivity index (χ0) is 19.8. The van der Waals surface area contributed by atoms with Gasteiger partial charge in [0.2, 0.25) is 0 Å². The third kappa shape index (κ3) is 3.29. The number of nitrogens with zero attached hydrogens (tertiary/aromatic N) is 3. The SMILES string of the molecule is CN(c1ccccc1)S(=O)(=O)c1cccc(-c2nc(C3(N)CCCC3)no2)c1. The first kappa shape index (κ1) is 18.6. The molecule has 1 aromatic heterocycles. The second-order valence-electron chi connectivity index (χ2n) is 7.12. The molecule has 0 amide bonds. The van der Waals surface area contributed by atoms with E-state index in [9.17, 15) is 8.42 Å². The predicted molar refractivity (Wildman–Crippen MR) is 106 cm³/mol. The summed E-state index contributed by atoms with van der Waals surface area (Å²) in [5.41, 5.74) is 6.96. The lowest BCUT2D eigenvalue weighted by atomic mass is 9.99. The van der Waals surface area contributed by atoms with Gasteiger partial charge in [-0.15, -0.1) is 0 Å². The number of aromatic nitrogens is 2. The highest BCUT2D eigenvalue weighted by Crippen LogP contribution is 2.35.